The number of hydrogen-bond donors (Lipinski definition) is 2. The fourth-order valence-electron chi connectivity index (χ4n) is 2.26. The summed E-state index contributed by atoms with van der Waals surface area (Å²) in [5, 5.41) is 30.8. The van der Waals surface area contributed by atoms with E-state index in [1.54, 1.807) is 6.07 Å². The van der Waals surface area contributed by atoms with E-state index in [1.807, 2.05) is 0 Å². The highest BCUT2D eigenvalue weighted by atomic mass is 15.3. The van der Waals surface area contributed by atoms with E-state index in [4.69, 9.17) is 15.8 Å². The van der Waals surface area contributed by atoms with Gasteiger partial charge in [-0.05, 0) is 0 Å². The molecule has 0 spiro atoms. The first-order valence-corrected chi connectivity index (χ1v) is 8.39. The maximum absolute atomic E-state index is 8.44. The number of nitrogens with one attached hydrogen (secondary N) is 2. The van der Waals surface area contributed by atoms with Gasteiger partial charge in [0.05, 0.1) is 18.2 Å². The van der Waals surface area contributed by atoms with Crippen molar-refractivity contribution in [3.8, 4) is 18.2 Å². The van der Waals surface area contributed by atoms with Crippen LogP contribution in [0, 0.1) is 34.0 Å². The molecular formula is C18H33N7. The lowest BCUT2D eigenvalue weighted by Gasteiger charge is -2.33. The molecule has 7 nitrogen and oxygen atoms in total. The summed E-state index contributed by atoms with van der Waals surface area (Å²) in [6, 6.07) is 6.02. The largest absolute Gasteiger partial charge is 0.314 e. The molecule has 2 aliphatic rings. The van der Waals surface area contributed by atoms with Crippen LogP contribution < -0.4 is 10.6 Å². The zero-order valence-corrected chi connectivity index (χ0v) is 14.5. The van der Waals surface area contributed by atoms with Crippen molar-refractivity contribution in [2.24, 2.45) is 0 Å². The molecule has 2 saturated heterocycles. The Morgan fingerprint density at radius 3 is 1.32 bits per heavy atom. The quantitative estimate of drug-likeness (QED) is 0.730. The van der Waals surface area contributed by atoms with Crippen molar-refractivity contribution < 1.29 is 0 Å². The Morgan fingerprint density at radius 1 is 0.800 bits per heavy atom. The van der Waals surface area contributed by atoms with Crippen LogP contribution in [0.3, 0.4) is 0 Å². The van der Waals surface area contributed by atoms with E-state index in [1.165, 1.54) is 6.08 Å². The second-order valence-corrected chi connectivity index (χ2v) is 5.33. The van der Waals surface area contributed by atoms with Crippen LogP contribution in [0.25, 0.3) is 0 Å². The van der Waals surface area contributed by atoms with E-state index in [-0.39, 0.29) is 7.43 Å². The molecule has 0 aromatic carbocycles. The molecule has 0 bridgehead atoms. The van der Waals surface area contributed by atoms with Crippen LogP contribution in [0.15, 0.2) is 12.7 Å². The van der Waals surface area contributed by atoms with Gasteiger partial charge in [-0.2, -0.15) is 15.8 Å². The Bertz CT molecular complexity index is 381. The van der Waals surface area contributed by atoms with Crippen molar-refractivity contribution >= 4 is 0 Å². The molecule has 2 aliphatic heterocycles. The van der Waals surface area contributed by atoms with E-state index in [0.717, 1.165) is 65.4 Å². The molecule has 25 heavy (non-hydrogen) atoms. The van der Waals surface area contributed by atoms with Crippen LogP contribution in [0.5, 0.6) is 0 Å². The minimum Gasteiger partial charge on any atom is -0.314 e. The second kappa shape index (κ2) is 20.1. The van der Waals surface area contributed by atoms with Crippen LogP contribution in [-0.4, -0.2) is 75.2 Å². The van der Waals surface area contributed by atoms with Gasteiger partial charge in [0.1, 0.15) is 0 Å². The predicted molar refractivity (Wildman–Crippen MR) is 102 cm³/mol. The molecule has 0 saturated carbocycles. The van der Waals surface area contributed by atoms with Crippen molar-refractivity contribution in [1.29, 1.82) is 15.8 Å². The normalized spacial score (nSPS) is 16.8. The van der Waals surface area contributed by atoms with Crippen LogP contribution in [-0.2, 0) is 0 Å². The lowest BCUT2D eigenvalue weighted by atomic mass is 10.3. The van der Waals surface area contributed by atoms with Crippen LogP contribution in [0.2, 0.25) is 0 Å². The van der Waals surface area contributed by atoms with Crippen LogP contribution >= 0.6 is 0 Å². The van der Waals surface area contributed by atoms with Crippen molar-refractivity contribution in [2.75, 3.05) is 65.4 Å². The zero-order valence-electron chi connectivity index (χ0n) is 14.5. The molecular weight excluding hydrogens is 314 g/mol. The van der Waals surface area contributed by atoms with E-state index in [0.29, 0.717) is 12.8 Å². The molecule has 2 fully saturated rings. The van der Waals surface area contributed by atoms with Gasteiger partial charge in [-0.15, -0.1) is 0 Å². The third kappa shape index (κ3) is 16.7. The molecule has 0 aromatic heterocycles. The molecule has 2 rings (SSSR count). The van der Waals surface area contributed by atoms with Gasteiger partial charge in [0.25, 0.3) is 0 Å². The molecule has 2 N–H and O–H groups in total. The number of hydrogen-bond acceptors (Lipinski definition) is 7. The fourth-order valence-corrected chi connectivity index (χ4v) is 2.26. The molecule has 0 atom stereocenters. The molecule has 140 valence electrons. The Balaban J connectivity index is 0. The summed E-state index contributed by atoms with van der Waals surface area (Å²) >= 11 is 0. The minimum absolute atomic E-state index is 0. The molecule has 7 heteroatoms. The van der Waals surface area contributed by atoms with Gasteiger partial charge in [0.2, 0.25) is 0 Å². The highest BCUT2D eigenvalue weighted by Gasteiger charge is 2.15. The van der Waals surface area contributed by atoms with E-state index in [9.17, 15) is 0 Å². The topological polar surface area (TPSA) is 102 Å². The average Bonchev–Trinajstić information content (AvgIpc) is 2.67. The minimum atomic E-state index is 0. The zero-order chi connectivity index (χ0) is 17.9. The molecule has 2 heterocycles. The van der Waals surface area contributed by atoms with Crippen molar-refractivity contribution in [3.05, 3.63) is 12.7 Å². The van der Waals surface area contributed by atoms with Crippen molar-refractivity contribution in [1.82, 2.24) is 20.4 Å². The molecule has 0 radical (unpaired) electrons. The number of nitriles is 3. The maximum atomic E-state index is 8.44. The standard InChI is InChI=1S/C10H16N4.C4H10N2.C3H3N.CH4/c11-3-1-5-13-7-9-14(10-8-13)6-2-4-12;1-2-6-4-3-5-1;1-2-3-4;/h1-2,5-10H2;5-6H,1-4H2;2H,1H2;1H4. The van der Waals surface area contributed by atoms with Gasteiger partial charge in [-0.1, -0.05) is 14.0 Å². The Labute approximate surface area is 153 Å². The maximum Gasteiger partial charge on any atom is 0.0905 e. The summed E-state index contributed by atoms with van der Waals surface area (Å²) in [6.45, 7) is 13.6. The first-order chi connectivity index (χ1) is 11.8. The smallest absolute Gasteiger partial charge is 0.0905 e. The molecule has 0 unspecified atom stereocenters. The lowest BCUT2D eigenvalue weighted by Crippen LogP contribution is -2.46. The van der Waals surface area contributed by atoms with Gasteiger partial charge >= 0.3 is 0 Å². The van der Waals surface area contributed by atoms with Crippen LogP contribution in [0.1, 0.15) is 20.3 Å². The fraction of sp³-hybridized carbons (Fsp3) is 0.722. The first-order valence-electron chi connectivity index (χ1n) is 8.39. The van der Waals surface area contributed by atoms with Crippen molar-refractivity contribution in [3.63, 3.8) is 0 Å². The SMILES string of the molecule is C.C1CNCCN1.C=CC#N.N#CCCN1CCN(CCC#N)CC1. The van der Waals surface area contributed by atoms with Gasteiger partial charge in [-0.25, -0.2) is 0 Å². The number of piperazine rings is 2. The third-order valence-corrected chi connectivity index (χ3v) is 3.59. The van der Waals surface area contributed by atoms with E-state index >= 15 is 0 Å². The van der Waals surface area contributed by atoms with Gasteiger partial charge in [-0.3, -0.25) is 9.80 Å². The summed E-state index contributed by atoms with van der Waals surface area (Å²) in [7, 11) is 0. The molecule has 0 aliphatic carbocycles. The highest BCUT2D eigenvalue weighted by molar-refractivity contribution is 4.93. The Hall–Kier alpha value is -1.95. The predicted octanol–water partition coefficient (Wildman–Crippen LogP) is 0.943. The second-order valence-electron chi connectivity index (χ2n) is 5.33. The summed E-state index contributed by atoms with van der Waals surface area (Å²) in [5.74, 6) is 0. The lowest BCUT2D eigenvalue weighted by molar-refractivity contribution is 0.136. The summed E-state index contributed by atoms with van der Waals surface area (Å²) in [4.78, 5) is 4.62. The van der Waals surface area contributed by atoms with Gasteiger partial charge in [0.15, 0.2) is 0 Å². The monoisotopic (exact) mass is 347 g/mol. The highest BCUT2D eigenvalue weighted by Crippen LogP contribution is 2.02. The molecule has 0 aromatic rings. The summed E-state index contributed by atoms with van der Waals surface area (Å²) in [6.07, 6.45) is 2.43. The van der Waals surface area contributed by atoms with E-state index < -0.39 is 0 Å². The first kappa shape index (κ1) is 25.3. The van der Waals surface area contributed by atoms with E-state index in [2.05, 4.69) is 39.2 Å². The summed E-state index contributed by atoms with van der Waals surface area (Å²) in [5.41, 5.74) is 0. The Kier molecular flexibility index (Phi) is 20.3. The van der Waals surface area contributed by atoms with Crippen molar-refractivity contribution in [2.45, 2.75) is 20.3 Å². The van der Waals surface area contributed by atoms with Gasteiger partial charge in [0, 0.05) is 84.4 Å². The average molecular weight is 348 g/mol. The number of allylic oxidation sites excluding steroid dienone is 1. The van der Waals surface area contributed by atoms with Gasteiger partial charge < -0.3 is 10.6 Å². The third-order valence-electron chi connectivity index (χ3n) is 3.59. The number of rotatable bonds is 4. The summed E-state index contributed by atoms with van der Waals surface area (Å²) < 4.78 is 0. The molecule has 0 amide bonds. The Morgan fingerprint density at radius 2 is 1.12 bits per heavy atom. The van der Waals surface area contributed by atoms with Crippen LogP contribution in [0.4, 0.5) is 0 Å². The number of nitrogens with zero attached hydrogens (tertiary/aromatic N) is 5.